The van der Waals surface area contributed by atoms with Crippen LogP contribution < -0.4 is 14.4 Å². The van der Waals surface area contributed by atoms with Crippen molar-refractivity contribution in [2.45, 2.75) is 4.90 Å². The van der Waals surface area contributed by atoms with E-state index in [1.54, 1.807) is 48.4 Å². The molecule has 1 N–H and O–H groups in total. The highest BCUT2D eigenvalue weighted by Gasteiger charge is 2.27. The summed E-state index contributed by atoms with van der Waals surface area (Å²) in [4.78, 5) is 22.0. The lowest BCUT2D eigenvalue weighted by Crippen LogP contribution is -2.48. The Hall–Kier alpha value is -3.05. The monoisotopic (exact) mass is 576 g/mol. The Kier molecular flexibility index (Phi) is 7.17. The lowest BCUT2D eigenvalue weighted by molar-refractivity contribution is 0.0748. The van der Waals surface area contributed by atoms with Gasteiger partial charge in [0.05, 0.1) is 33.0 Å². The number of hydrogen-bond donors (Lipinski definition) is 1. The Bertz CT molecular complexity index is 1570. The minimum absolute atomic E-state index is 0.0559. The van der Waals surface area contributed by atoms with Crippen molar-refractivity contribution in [3.05, 3.63) is 76.3 Å². The summed E-state index contributed by atoms with van der Waals surface area (Å²) in [5.74, 6) is 0.413. The van der Waals surface area contributed by atoms with Crippen LogP contribution in [0.25, 0.3) is 10.2 Å². The summed E-state index contributed by atoms with van der Waals surface area (Å²) in [5, 5.41) is 1.86. The van der Waals surface area contributed by atoms with E-state index in [1.807, 2.05) is 0 Å². The van der Waals surface area contributed by atoms with E-state index in [0.717, 1.165) is 15.3 Å². The largest absolute Gasteiger partial charge is 0.494 e. The highest BCUT2D eigenvalue weighted by Crippen LogP contribution is 2.39. The highest BCUT2D eigenvalue weighted by atomic mass is 35.5. The predicted octanol–water partition coefficient (Wildman–Crippen LogP) is 5.37. The third-order valence-electron chi connectivity index (χ3n) is 6.03. The van der Waals surface area contributed by atoms with Crippen molar-refractivity contribution in [2.75, 3.05) is 42.9 Å². The van der Waals surface area contributed by atoms with Crippen LogP contribution in [0.1, 0.15) is 10.4 Å². The van der Waals surface area contributed by atoms with Gasteiger partial charge in [-0.3, -0.25) is 9.52 Å². The average molecular weight is 578 g/mol. The molecule has 0 saturated carbocycles. The Balaban J connectivity index is 1.31. The number of nitrogens with one attached hydrogen (secondary N) is 1. The van der Waals surface area contributed by atoms with Crippen LogP contribution in [-0.4, -0.2) is 57.5 Å². The maximum atomic E-state index is 13.4. The van der Waals surface area contributed by atoms with Gasteiger partial charge in [0.1, 0.15) is 11.3 Å². The minimum atomic E-state index is -3.90. The number of sulfonamides is 1. The van der Waals surface area contributed by atoms with E-state index >= 15 is 0 Å². The molecule has 0 unspecified atom stereocenters. The Morgan fingerprint density at radius 2 is 1.70 bits per heavy atom. The van der Waals surface area contributed by atoms with Gasteiger partial charge in [-0.15, -0.1) is 0 Å². The van der Waals surface area contributed by atoms with E-state index in [0.29, 0.717) is 42.0 Å². The molecule has 1 aliphatic heterocycles. The molecule has 0 radical (unpaired) electrons. The number of fused-ring (bicyclic) bond motifs is 1. The van der Waals surface area contributed by atoms with Gasteiger partial charge in [-0.2, -0.15) is 0 Å². The van der Waals surface area contributed by atoms with Crippen LogP contribution in [0.3, 0.4) is 0 Å². The maximum Gasteiger partial charge on any atom is 0.261 e. The Morgan fingerprint density at radius 1 is 1.00 bits per heavy atom. The number of thiazole rings is 1. The molecule has 0 atom stereocenters. The first-order valence-electron chi connectivity index (χ1n) is 11.3. The van der Waals surface area contributed by atoms with Gasteiger partial charge in [-0.05, 0) is 48.5 Å². The molecule has 12 heteroatoms. The molecule has 2 heterocycles. The number of carbonyl (C=O) groups excluding carboxylic acids is 1. The summed E-state index contributed by atoms with van der Waals surface area (Å²) in [7, 11) is -2.30. The smallest absolute Gasteiger partial charge is 0.261 e. The number of aromatic nitrogens is 1. The highest BCUT2D eigenvalue weighted by molar-refractivity contribution is 7.92. The van der Waals surface area contributed by atoms with Crippen LogP contribution in [0, 0.1) is 0 Å². The number of para-hydroxylation sites is 1. The van der Waals surface area contributed by atoms with E-state index in [2.05, 4.69) is 9.62 Å². The summed E-state index contributed by atoms with van der Waals surface area (Å²) >= 11 is 13.7. The second-order valence-corrected chi connectivity index (χ2v) is 11.8. The van der Waals surface area contributed by atoms with Crippen molar-refractivity contribution < 1.29 is 17.9 Å². The quantitative estimate of drug-likeness (QED) is 0.331. The number of piperazine rings is 1. The van der Waals surface area contributed by atoms with E-state index in [4.69, 9.17) is 32.9 Å². The zero-order valence-electron chi connectivity index (χ0n) is 19.6. The van der Waals surface area contributed by atoms with Crippen LogP contribution in [0.2, 0.25) is 10.0 Å². The molecule has 0 bridgehead atoms. The summed E-state index contributed by atoms with van der Waals surface area (Å²) in [6, 6.07) is 16.0. The second kappa shape index (κ2) is 10.4. The zero-order valence-corrected chi connectivity index (χ0v) is 22.8. The average Bonchev–Trinajstić information content (AvgIpc) is 3.36. The van der Waals surface area contributed by atoms with Crippen LogP contribution in [0.15, 0.2) is 65.6 Å². The molecule has 1 saturated heterocycles. The first-order chi connectivity index (χ1) is 17.8. The molecule has 1 aromatic heterocycles. The van der Waals surface area contributed by atoms with Gasteiger partial charge in [-0.25, -0.2) is 13.4 Å². The summed E-state index contributed by atoms with van der Waals surface area (Å²) in [6.07, 6.45) is 0. The standard InChI is InChI=1S/C25H22Cl2N4O4S2/c1-35-21-11-10-19(27)23-22(21)28-25(36-23)31-14-12-30(13-15-31)24(32)18-4-2-3-5-20(18)29-37(33,34)17-8-6-16(26)7-9-17/h2-11,29H,12-15H2,1H3. The molecule has 1 aliphatic rings. The first-order valence-corrected chi connectivity index (χ1v) is 14.4. The number of rotatable bonds is 6. The van der Waals surface area contributed by atoms with Crippen molar-refractivity contribution in [3.8, 4) is 5.75 Å². The van der Waals surface area contributed by atoms with Gasteiger partial charge in [-0.1, -0.05) is 46.7 Å². The first kappa shape index (κ1) is 25.6. The molecule has 0 aliphatic carbocycles. The number of ether oxygens (including phenoxy) is 1. The normalized spacial score (nSPS) is 14.1. The molecule has 5 rings (SSSR count). The fraction of sp³-hybridized carbons (Fsp3) is 0.200. The van der Waals surface area contributed by atoms with E-state index in [9.17, 15) is 13.2 Å². The lowest BCUT2D eigenvalue weighted by Gasteiger charge is -2.34. The number of nitrogens with zero attached hydrogens (tertiary/aromatic N) is 3. The van der Waals surface area contributed by atoms with E-state index in [1.165, 1.54) is 35.6 Å². The van der Waals surface area contributed by atoms with Crippen molar-refractivity contribution in [2.24, 2.45) is 0 Å². The number of amides is 1. The molecular weight excluding hydrogens is 555 g/mol. The van der Waals surface area contributed by atoms with Crippen molar-refractivity contribution in [1.29, 1.82) is 0 Å². The molecule has 37 heavy (non-hydrogen) atoms. The van der Waals surface area contributed by atoms with Crippen molar-refractivity contribution in [1.82, 2.24) is 9.88 Å². The molecule has 4 aromatic rings. The fourth-order valence-corrected chi connectivity index (χ4v) is 6.60. The van der Waals surface area contributed by atoms with Crippen LogP contribution in [-0.2, 0) is 10.0 Å². The molecule has 1 fully saturated rings. The summed E-state index contributed by atoms with van der Waals surface area (Å²) in [5.41, 5.74) is 1.22. The Labute approximate surface area is 228 Å². The molecular formula is C25H22Cl2N4O4S2. The minimum Gasteiger partial charge on any atom is -0.494 e. The van der Waals surface area contributed by atoms with Crippen LogP contribution in [0.5, 0.6) is 5.75 Å². The van der Waals surface area contributed by atoms with Gasteiger partial charge >= 0.3 is 0 Å². The second-order valence-electron chi connectivity index (χ2n) is 8.31. The number of methoxy groups -OCH3 is 1. The third-order valence-corrected chi connectivity index (χ3v) is 9.24. The van der Waals surface area contributed by atoms with Gasteiger partial charge < -0.3 is 14.5 Å². The topological polar surface area (TPSA) is 91.8 Å². The summed E-state index contributed by atoms with van der Waals surface area (Å²) in [6.45, 7) is 2.06. The predicted molar refractivity (Wildman–Crippen MR) is 148 cm³/mol. The van der Waals surface area contributed by atoms with Crippen molar-refractivity contribution >= 4 is 71.5 Å². The number of carbonyl (C=O) groups is 1. The van der Waals surface area contributed by atoms with Crippen molar-refractivity contribution in [3.63, 3.8) is 0 Å². The number of hydrogen-bond acceptors (Lipinski definition) is 7. The van der Waals surface area contributed by atoms with Gasteiger partial charge in [0.15, 0.2) is 5.13 Å². The van der Waals surface area contributed by atoms with E-state index in [-0.39, 0.29) is 22.1 Å². The van der Waals surface area contributed by atoms with Gasteiger partial charge in [0, 0.05) is 31.2 Å². The molecule has 8 nitrogen and oxygen atoms in total. The van der Waals surface area contributed by atoms with Gasteiger partial charge in [0.2, 0.25) is 0 Å². The molecule has 192 valence electrons. The SMILES string of the molecule is COc1ccc(Cl)c2sc(N3CCN(C(=O)c4ccccc4NS(=O)(=O)c4ccc(Cl)cc4)CC3)nc12. The summed E-state index contributed by atoms with van der Waals surface area (Å²) < 4.78 is 34.6. The molecule has 3 aromatic carbocycles. The van der Waals surface area contributed by atoms with E-state index < -0.39 is 10.0 Å². The van der Waals surface area contributed by atoms with Gasteiger partial charge in [0.25, 0.3) is 15.9 Å². The third kappa shape index (κ3) is 5.19. The molecule has 1 amide bonds. The zero-order chi connectivity index (χ0) is 26.2. The lowest BCUT2D eigenvalue weighted by atomic mass is 10.1. The number of halogens is 2. The van der Waals surface area contributed by atoms with Crippen LogP contribution >= 0.6 is 34.5 Å². The number of benzene rings is 3. The number of anilines is 2. The molecule has 0 spiro atoms. The fourth-order valence-electron chi connectivity index (χ4n) is 4.09. The maximum absolute atomic E-state index is 13.4. The van der Waals surface area contributed by atoms with Crippen LogP contribution in [0.4, 0.5) is 10.8 Å². The Morgan fingerprint density at radius 3 is 2.41 bits per heavy atom.